The molecule has 1 aromatic carbocycles. The molecule has 0 radical (unpaired) electrons. The Morgan fingerprint density at radius 3 is 2.67 bits per heavy atom. The summed E-state index contributed by atoms with van der Waals surface area (Å²) in [6, 6.07) is 7.01. The Labute approximate surface area is 123 Å². The van der Waals surface area contributed by atoms with Crippen molar-refractivity contribution in [1.82, 2.24) is 10.2 Å². The molecule has 21 heavy (non-hydrogen) atoms. The van der Waals surface area contributed by atoms with E-state index in [2.05, 4.69) is 5.32 Å². The van der Waals surface area contributed by atoms with E-state index in [0.717, 1.165) is 24.1 Å². The van der Waals surface area contributed by atoms with Gasteiger partial charge in [0.1, 0.15) is 6.04 Å². The molecule has 2 aliphatic rings. The molecule has 1 unspecified atom stereocenters. The van der Waals surface area contributed by atoms with Gasteiger partial charge in [0.2, 0.25) is 5.91 Å². The van der Waals surface area contributed by atoms with Crippen molar-refractivity contribution < 1.29 is 14.7 Å². The van der Waals surface area contributed by atoms with Crippen LogP contribution in [0.2, 0.25) is 0 Å². The van der Waals surface area contributed by atoms with Gasteiger partial charge in [0.05, 0.1) is 5.41 Å². The third-order valence-corrected chi connectivity index (χ3v) is 4.68. The maximum absolute atomic E-state index is 12.9. The largest absolute Gasteiger partial charge is 0.480 e. The van der Waals surface area contributed by atoms with E-state index in [1.165, 1.54) is 0 Å². The van der Waals surface area contributed by atoms with Crippen LogP contribution in [0.3, 0.4) is 0 Å². The lowest BCUT2D eigenvalue weighted by Crippen LogP contribution is -2.53. The monoisotopic (exact) mass is 288 g/mol. The highest BCUT2D eigenvalue weighted by atomic mass is 16.4. The van der Waals surface area contributed by atoms with Crippen LogP contribution in [0.5, 0.6) is 0 Å². The Bertz CT molecular complexity index is 579. The summed E-state index contributed by atoms with van der Waals surface area (Å²) in [5.74, 6) is -0.971. The minimum absolute atomic E-state index is 0.0468. The SMILES string of the molecule is CC1(C(=O)N2Cc3ccccc3C[C@@H]2C(=O)O)CCNC1. The average Bonchev–Trinajstić information content (AvgIpc) is 2.93. The lowest BCUT2D eigenvalue weighted by atomic mass is 9.85. The van der Waals surface area contributed by atoms with Crippen LogP contribution in [0.25, 0.3) is 0 Å². The number of carboxylic acids is 1. The predicted molar refractivity (Wildman–Crippen MR) is 77.7 cm³/mol. The molecule has 2 aliphatic heterocycles. The Hall–Kier alpha value is -1.88. The highest BCUT2D eigenvalue weighted by Crippen LogP contribution is 2.32. The van der Waals surface area contributed by atoms with Gasteiger partial charge in [0.25, 0.3) is 0 Å². The van der Waals surface area contributed by atoms with Crippen LogP contribution in [-0.4, -0.2) is 41.0 Å². The molecule has 5 heteroatoms. The molecular weight excluding hydrogens is 268 g/mol. The third-order valence-electron chi connectivity index (χ3n) is 4.68. The molecule has 2 N–H and O–H groups in total. The van der Waals surface area contributed by atoms with Crippen LogP contribution < -0.4 is 5.32 Å². The van der Waals surface area contributed by atoms with Gasteiger partial charge in [0, 0.05) is 19.5 Å². The van der Waals surface area contributed by atoms with Gasteiger partial charge in [-0.3, -0.25) is 4.79 Å². The summed E-state index contributed by atoms with van der Waals surface area (Å²) in [4.78, 5) is 26.0. The molecule has 5 nitrogen and oxygen atoms in total. The van der Waals surface area contributed by atoms with Gasteiger partial charge in [-0.05, 0) is 31.0 Å². The zero-order valence-corrected chi connectivity index (χ0v) is 12.1. The zero-order valence-electron chi connectivity index (χ0n) is 12.1. The van der Waals surface area contributed by atoms with Crippen LogP contribution >= 0.6 is 0 Å². The molecule has 0 spiro atoms. The number of aliphatic carboxylic acids is 1. The van der Waals surface area contributed by atoms with Gasteiger partial charge in [0.15, 0.2) is 0 Å². The molecule has 1 fully saturated rings. The van der Waals surface area contributed by atoms with Crippen molar-refractivity contribution in [2.45, 2.75) is 32.4 Å². The van der Waals surface area contributed by atoms with Crippen molar-refractivity contribution in [2.24, 2.45) is 5.41 Å². The van der Waals surface area contributed by atoms with Crippen molar-refractivity contribution in [3.63, 3.8) is 0 Å². The van der Waals surface area contributed by atoms with Gasteiger partial charge in [-0.1, -0.05) is 24.3 Å². The average molecular weight is 288 g/mol. The second-order valence-electron chi connectivity index (χ2n) is 6.25. The molecule has 1 saturated heterocycles. The number of fused-ring (bicyclic) bond motifs is 1. The van der Waals surface area contributed by atoms with Gasteiger partial charge in [-0.15, -0.1) is 0 Å². The fourth-order valence-corrected chi connectivity index (χ4v) is 3.30. The number of carbonyl (C=O) groups excluding carboxylic acids is 1. The molecule has 0 bridgehead atoms. The number of amides is 1. The maximum Gasteiger partial charge on any atom is 0.326 e. The minimum atomic E-state index is -0.924. The summed E-state index contributed by atoms with van der Waals surface area (Å²) in [5.41, 5.74) is 1.60. The first-order chi connectivity index (χ1) is 10.0. The van der Waals surface area contributed by atoms with Crippen molar-refractivity contribution in [1.29, 1.82) is 0 Å². The van der Waals surface area contributed by atoms with Crippen LogP contribution in [0, 0.1) is 5.41 Å². The molecule has 112 valence electrons. The topological polar surface area (TPSA) is 69.6 Å². The lowest BCUT2D eigenvalue weighted by Gasteiger charge is -2.38. The van der Waals surface area contributed by atoms with E-state index < -0.39 is 17.4 Å². The van der Waals surface area contributed by atoms with Gasteiger partial charge in [-0.25, -0.2) is 4.79 Å². The van der Waals surface area contributed by atoms with Crippen molar-refractivity contribution in [2.75, 3.05) is 13.1 Å². The van der Waals surface area contributed by atoms with E-state index in [9.17, 15) is 14.7 Å². The summed E-state index contributed by atoms with van der Waals surface area (Å²) in [5, 5.41) is 12.7. The van der Waals surface area contributed by atoms with Gasteiger partial charge >= 0.3 is 5.97 Å². The first kappa shape index (κ1) is 14.1. The molecule has 0 aromatic heterocycles. The van der Waals surface area contributed by atoms with E-state index in [1.54, 1.807) is 4.90 Å². The van der Waals surface area contributed by atoms with Crippen LogP contribution in [0.1, 0.15) is 24.5 Å². The van der Waals surface area contributed by atoms with Crippen molar-refractivity contribution in [3.8, 4) is 0 Å². The number of carboxylic acid groups (broad SMARTS) is 1. The Morgan fingerprint density at radius 2 is 2.05 bits per heavy atom. The van der Waals surface area contributed by atoms with Gasteiger partial charge in [-0.2, -0.15) is 0 Å². The Balaban J connectivity index is 1.92. The van der Waals surface area contributed by atoms with E-state index in [1.807, 2.05) is 31.2 Å². The number of hydrogen-bond acceptors (Lipinski definition) is 3. The summed E-state index contributed by atoms with van der Waals surface area (Å²) < 4.78 is 0. The highest BCUT2D eigenvalue weighted by molar-refractivity contribution is 5.88. The lowest BCUT2D eigenvalue weighted by molar-refractivity contribution is -0.155. The molecule has 1 aromatic rings. The Kier molecular flexibility index (Phi) is 3.45. The Morgan fingerprint density at radius 1 is 1.33 bits per heavy atom. The molecule has 1 amide bonds. The van der Waals surface area contributed by atoms with Crippen LogP contribution in [0.15, 0.2) is 24.3 Å². The van der Waals surface area contributed by atoms with E-state index >= 15 is 0 Å². The number of benzene rings is 1. The van der Waals surface area contributed by atoms with Crippen molar-refractivity contribution >= 4 is 11.9 Å². The number of rotatable bonds is 2. The molecule has 0 saturated carbocycles. The number of hydrogen-bond donors (Lipinski definition) is 2. The standard InChI is InChI=1S/C16H20N2O3/c1-16(6-7-17-10-16)15(21)18-9-12-5-3-2-4-11(12)8-13(18)14(19)20/h2-5,13,17H,6-10H2,1H3,(H,19,20)/t13-,16?/m1/s1. The number of nitrogens with one attached hydrogen (secondary N) is 1. The summed E-state index contributed by atoms with van der Waals surface area (Å²) >= 11 is 0. The number of nitrogens with zero attached hydrogens (tertiary/aromatic N) is 1. The third kappa shape index (κ3) is 2.42. The van der Waals surface area contributed by atoms with Gasteiger partial charge < -0.3 is 15.3 Å². The normalized spacial score (nSPS) is 28.2. The molecular formula is C16H20N2O3. The summed E-state index contributed by atoms with van der Waals surface area (Å²) in [7, 11) is 0. The second-order valence-corrected chi connectivity index (χ2v) is 6.25. The highest BCUT2D eigenvalue weighted by Gasteiger charge is 2.44. The van der Waals surface area contributed by atoms with Crippen molar-refractivity contribution in [3.05, 3.63) is 35.4 Å². The molecule has 3 rings (SSSR count). The number of carbonyl (C=O) groups is 2. The summed E-state index contributed by atoms with van der Waals surface area (Å²) in [6.45, 7) is 3.75. The molecule has 2 heterocycles. The first-order valence-electron chi connectivity index (χ1n) is 7.33. The molecule has 0 aliphatic carbocycles. The quantitative estimate of drug-likeness (QED) is 0.852. The predicted octanol–water partition coefficient (Wildman–Crippen LogP) is 1.02. The van der Waals surface area contributed by atoms with E-state index in [0.29, 0.717) is 19.5 Å². The minimum Gasteiger partial charge on any atom is -0.480 e. The smallest absolute Gasteiger partial charge is 0.326 e. The first-order valence-corrected chi connectivity index (χ1v) is 7.33. The fourth-order valence-electron chi connectivity index (χ4n) is 3.30. The van der Waals surface area contributed by atoms with E-state index in [4.69, 9.17) is 0 Å². The summed E-state index contributed by atoms with van der Waals surface area (Å²) in [6.07, 6.45) is 1.15. The zero-order chi connectivity index (χ0) is 15.0. The van der Waals surface area contributed by atoms with Crippen LogP contribution in [-0.2, 0) is 22.6 Å². The molecule has 2 atom stereocenters. The van der Waals surface area contributed by atoms with Crippen LogP contribution in [0.4, 0.5) is 0 Å². The fraction of sp³-hybridized carbons (Fsp3) is 0.500. The maximum atomic E-state index is 12.9. The van der Waals surface area contributed by atoms with E-state index in [-0.39, 0.29) is 5.91 Å². The second kappa shape index (κ2) is 5.15.